The molecule has 5 nitrogen and oxygen atoms in total. The number of hydrogen-bond donors (Lipinski definition) is 2. The number of rotatable bonds is 5. The predicted octanol–water partition coefficient (Wildman–Crippen LogP) is 3.54. The zero-order chi connectivity index (χ0) is 18.4. The number of anilines is 2. The van der Waals surface area contributed by atoms with Gasteiger partial charge < -0.3 is 15.4 Å². The van der Waals surface area contributed by atoms with Crippen LogP contribution >= 0.6 is 0 Å². The van der Waals surface area contributed by atoms with E-state index in [9.17, 15) is 22.8 Å². The number of halogens is 3. The Labute approximate surface area is 141 Å². The van der Waals surface area contributed by atoms with Gasteiger partial charge in [0, 0.05) is 5.69 Å². The third-order valence-corrected chi connectivity index (χ3v) is 3.28. The smallest absolute Gasteiger partial charge is 0.418 e. The molecule has 0 aliphatic carbocycles. The molecule has 2 rings (SSSR count). The summed E-state index contributed by atoms with van der Waals surface area (Å²) >= 11 is 0. The molecule has 25 heavy (non-hydrogen) atoms. The van der Waals surface area contributed by atoms with Crippen LogP contribution in [0.4, 0.5) is 24.5 Å². The first-order chi connectivity index (χ1) is 11.8. The minimum Gasteiger partial charge on any atom is -0.465 e. The molecule has 2 N–H and O–H groups in total. The van der Waals surface area contributed by atoms with Crippen LogP contribution in [-0.4, -0.2) is 25.5 Å². The molecular weight excluding hydrogens is 337 g/mol. The molecule has 0 bridgehead atoms. The number of amides is 1. The lowest BCUT2D eigenvalue weighted by molar-refractivity contribution is -0.137. The summed E-state index contributed by atoms with van der Waals surface area (Å²) in [4.78, 5) is 23.6. The zero-order valence-corrected chi connectivity index (χ0v) is 13.2. The van der Waals surface area contributed by atoms with E-state index in [0.29, 0.717) is 0 Å². The molecule has 0 radical (unpaired) electrons. The minimum absolute atomic E-state index is 0.147. The molecule has 0 unspecified atom stereocenters. The Bertz CT molecular complexity index is 776. The molecule has 0 spiro atoms. The van der Waals surface area contributed by atoms with Gasteiger partial charge in [-0.1, -0.05) is 24.3 Å². The fourth-order valence-electron chi connectivity index (χ4n) is 2.13. The van der Waals surface area contributed by atoms with Crippen molar-refractivity contribution in [2.24, 2.45) is 0 Å². The van der Waals surface area contributed by atoms with Crippen molar-refractivity contribution in [2.45, 2.75) is 6.18 Å². The number of carbonyl (C=O) groups excluding carboxylic acids is 2. The molecule has 0 atom stereocenters. The second-order valence-electron chi connectivity index (χ2n) is 4.98. The molecule has 2 aromatic carbocycles. The SMILES string of the molecule is COC(=O)c1ccccc1NC(=O)CNc1ccccc1C(F)(F)F. The largest absolute Gasteiger partial charge is 0.465 e. The van der Waals surface area contributed by atoms with Gasteiger partial charge >= 0.3 is 12.1 Å². The van der Waals surface area contributed by atoms with Crippen LogP contribution in [0.3, 0.4) is 0 Å². The standard InChI is InChI=1S/C17H15F3N2O3/c1-25-16(24)11-6-2-4-8-13(11)22-15(23)10-21-14-9-5-3-7-12(14)17(18,19)20/h2-9,21H,10H2,1H3,(H,22,23). The van der Waals surface area contributed by atoms with E-state index in [1.807, 2.05) is 0 Å². The summed E-state index contributed by atoms with van der Waals surface area (Å²) in [6, 6.07) is 11.0. The van der Waals surface area contributed by atoms with E-state index in [1.165, 1.54) is 37.4 Å². The number of nitrogens with one attached hydrogen (secondary N) is 2. The van der Waals surface area contributed by atoms with Crippen molar-refractivity contribution in [3.8, 4) is 0 Å². The van der Waals surface area contributed by atoms with E-state index in [1.54, 1.807) is 12.1 Å². The average molecular weight is 352 g/mol. The van der Waals surface area contributed by atoms with E-state index in [4.69, 9.17) is 0 Å². The highest BCUT2D eigenvalue weighted by molar-refractivity contribution is 6.02. The third-order valence-electron chi connectivity index (χ3n) is 3.28. The van der Waals surface area contributed by atoms with Crippen LogP contribution in [0.25, 0.3) is 0 Å². The van der Waals surface area contributed by atoms with Gasteiger partial charge in [0.05, 0.1) is 30.5 Å². The first kappa shape index (κ1) is 18.3. The molecule has 0 aliphatic heterocycles. The zero-order valence-electron chi connectivity index (χ0n) is 13.2. The van der Waals surface area contributed by atoms with Crippen molar-refractivity contribution < 1.29 is 27.5 Å². The Morgan fingerprint density at radius 1 is 1.00 bits per heavy atom. The van der Waals surface area contributed by atoms with Crippen LogP contribution in [0.5, 0.6) is 0 Å². The number of esters is 1. The highest BCUT2D eigenvalue weighted by Crippen LogP contribution is 2.34. The molecule has 0 heterocycles. The number of carbonyl (C=O) groups is 2. The lowest BCUT2D eigenvalue weighted by Gasteiger charge is -2.14. The maximum Gasteiger partial charge on any atom is 0.418 e. The van der Waals surface area contributed by atoms with Crippen molar-refractivity contribution in [3.63, 3.8) is 0 Å². The molecule has 2 aromatic rings. The van der Waals surface area contributed by atoms with Crippen molar-refractivity contribution in [3.05, 3.63) is 59.7 Å². The van der Waals surface area contributed by atoms with E-state index in [0.717, 1.165) is 6.07 Å². The lowest BCUT2D eigenvalue weighted by Crippen LogP contribution is -2.24. The fourth-order valence-corrected chi connectivity index (χ4v) is 2.13. The van der Waals surface area contributed by atoms with Gasteiger partial charge in [0.2, 0.25) is 5.91 Å². The van der Waals surface area contributed by atoms with Crippen LogP contribution in [0, 0.1) is 0 Å². The summed E-state index contributed by atoms with van der Waals surface area (Å²) in [7, 11) is 1.20. The summed E-state index contributed by atoms with van der Waals surface area (Å²) < 4.78 is 43.3. The predicted molar refractivity (Wildman–Crippen MR) is 86.3 cm³/mol. The molecule has 0 saturated heterocycles. The van der Waals surface area contributed by atoms with Gasteiger partial charge in [0.15, 0.2) is 0 Å². The lowest BCUT2D eigenvalue weighted by atomic mass is 10.1. The molecular formula is C17H15F3N2O3. The molecule has 0 saturated carbocycles. The number of benzene rings is 2. The first-order valence-corrected chi connectivity index (χ1v) is 7.20. The Balaban J connectivity index is 2.07. The summed E-state index contributed by atoms with van der Waals surface area (Å²) in [5, 5.41) is 4.92. The molecule has 0 fully saturated rings. The fraction of sp³-hybridized carbons (Fsp3) is 0.176. The van der Waals surface area contributed by atoms with E-state index in [-0.39, 0.29) is 16.9 Å². The Morgan fingerprint density at radius 3 is 2.24 bits per heavy atom. The quantitative estimate of drug-likeness (QED) is 0.808. The highest BCUT2D eigenvalue weighted by Gasteiger charge is 2.33. The average Bonchev–Trinajstić information content (AvgIpc) is 2.59. The van der Waals surface area contributed by atoms with E-state index < -0.39 is 30.2 Å². The molecule has 0 aliphatic rings. The number of alkyl halides is 3. The maximum absolute atomic E-state index is 12.9. The second-order valence-corrected chi connectivity index (χ2v) is 4.98. The molecule has 132 valence electrons. The monoisotopic (exact) mass is 352 g/mol. The summed E-state index contributed by atoms with van der Waals surface area (Å²) in [5.41, 5.74) is -0.705. The highest BCUT2D eigenvalue weighted by atomic mass is 19.4. The van der Waals surface area contributed by atoms with Gasteiger partial charge in [0.25, 0.3) is 0 Å². The number of ether oxygens (including phenoxy) is 1. The normalized spacial score (nSPS) is 10.9. The van der Waals surface area contributed by atoms with Gasteiger partial charge in [-0.25, -0.2) is 4.79 Å². The van der Waals surface area contributed by atoms with Crippen LogP contribution < -0.4 is 10.6 Å². The maximum atomic E-state index is 12.9. The van der Waals surface area contributed by atoms with Crippen LogP contribution in [0.1, 0.15) is 15.9 Å². The number of methoxy groups -OCH3 is 1. The summed E-state index contributed by atoms with van der Waals surface area (Å²) in [6.07, 6.45) is -4.53. The topological polar surface area (TPSA) is 67.4 Å². The molecule has 1 amide bonds. The number of hydrogen-bond acceptors (Lipinski definition) is 4. The van der Waals surface area contributed by atoms with Crippen molar-refractivity contribution in [2.75, 3.05) is 24.3 Å². The minimum atomic E-state index is -4.53. The van der Waals surface area contributed by atoms with Crippen LogP contribution in [0.15, 0.2) is 48.5 Å². The van der Waals surface area contributed by atoms with Crippen LogP contribution in [0.2, 0.25) is 0 Å². The van der Waals surface area contributed by atoms with Crippen molar-refractivity contribution in [1.29, 1.82) is 0 Å². The van der Waals surface area contributed by atoms with Crippen molar-refractivity contribution >= 4 is 23.3 Å². The third kappa shape index (κ3) is 4.72. The summed E-state index contributed by atoms with van der Waals surface area (Å²) in [6.45, 7) is -0.400. The van der Waals surface area contributed by atoms with Crippen LogP contribution in [-0.2, 0) is 15.7 Å². The van der Waals surface area contributed by atoms with Gasteiger partial charge in [-0.2, -0.15) is 13.2 Å². The van der Waals surface area contributed by atoms with Gasteiger partial charge in [-0.05, 0) is 24.3 Å². The van der Waals surface area contributed by atoms with Crippen molar-refractivity contribution in [1.82, 2.24) is 0 Å². The van der Waals surface area contributed by atoms with E-state index >= 15 is 0 Å². The van der Waals surface area contributed by atoms with Gasteiger partial charge in [0.1, 0.15) is 0 Å². The number of para-hydroxylation sites is 2. The summed E-state index contributed by atoms with van der Waals surface area (Å²) in [5.74, 6) is -1.24. The molecule has 8 heteroatoms. The first-order valence-electron chi connectivity index (χ1n) is 7.20. The molecule has 0 aromatic heterocycles. The Morgan fingerprint density at radius 2 is 1.60 bits per heavy atom. The Hall–Kier alpha value is -3.03. The van der Waals surface area contributed by atoms with Gasteiger partial charge in [-0.3, -0.25) is 4.79 Å². The second kappa shape index (κ2) is 7.69. The van der Waals surface area contributed by atoms with E-state index in [2.05, 4.69) is 15.4 Å². The van der Waals surface area contributed by atoms with Gasteiger partial charge in [-0.15, -0.1) is 0 Å². The Kier molecular flexibility index (Phi) is 5.63.